The molecule has 0 saturated carbocycles. The van der Waals surface area contributed by atoms with Crippen LogP contribution in [-0.4, -0.2) is 32.5 Å². The van der Waals surface area contributed by atoms with Gasteiger partial charge in [-0.05, 0) is 30.2 Å². The summed E-state index contributed by atoms with van der Waals surface area (Å²) in [6, 6.07) is 15.8. The number of H-pyrrole nitrogens is 1. The van der Waals surface area contributed by atoms with Crippen LogP contribution in [0.4, 0.5) is 5.69 Å². The summed E-state index contributed by atoms with van der Waals surface area (Å²) in [4.78, 5) is 17.3. The van der Waals surface area contributed by atoms with Gasteiger partial charge in [-0.25, -0.2) is 0 Å². The number of aromatic amines is 1. The van der Waals surface area contributed by atoms with E-state index in [1.807, 2.05) is 53.5 Å². The molecule has 0 unspecified atom stereocenters. The molecule has 0 fully saturated rings. The van der Waals surface area contributed by atoms with E-state index in [0.717, 1.165) is 29.9 Å². The Bertz CT molecular complexity index is 1150. The molecule has 2 aromatic carbocycles. The van der Waals surface area contributed by atoms with Gasteiger partial charge in [0.15, 0.2) is 6.61 Å². The first-order valence-electron chi connectivity index (χ1n) is 9.24. The number of amides is 1. The number of fused-ring (bicyclic) bond motifs is 2. The van der Waals surface area contributed by atoms with Gasteiger partial charge in [0.1, 0.15) is 11.4 Å². The van der Waals surface area contributed by atoms with Crippen LogP contribution in [0.15, 0.2) is 60.9 Å². The fourth-order valence-electron chi connectivity index (χ4n) is 3.58. The topological polar surface area (TPSA) is 76.0 Å². The molecule has 0 saturated heterocycles. The zero-order valence-electron chi connectivity index (χ0n) is 15.2. The predicted molar refractivity (Wildman–Crippen MR) is 105 cm³/mol. The molecule has 1 aliphatic rings. The maximum Gasteiger partial charge on any atom is 0.265 e. The van der Waals surface area contributed by atoms with Gasteiger partial charge in [-0.2, -0.15) is 0 Å². The lowest BCUT2D eigenvalue weighted by Crippen LogP contribution is -2.38. The van der Waals surface area contributed by atoms with Gasteiger partial charge in [-0.1, -0.05) is 35.5 Å². The summed E-state index contributed by atoms with van der Waals surface area (Å²) in [7, 11) is 0. The summed E-state index contributed by atoms with van der Waals surface area (Å²) in [6.45, 7) is 1.15. The number of carbonyl (C=O) groups excluding carboxylic acids is 1. The third-order valence-electron chi connectivity index (χ3n) is 5.00. The highest BCUT2D eigenvalue weighted by molar-refractivity contribution is 5.97. The highest BCUT2D eigenvalue weighted by Gasteiger charge is 2.26. The Labute approximate surface area is 161 Å². The molecule has 7 heteroatoms. The smallest absolute Gasteiger partial charge is 0.265 e. The Kier molecular flexibility index (Phi) is 4.05. The van der Waals surface area contributed by atoms with Crippen LogP contribution in [-0.2, 0) is 24.3 Å². The van der Waals surface area contributed by atoms with E-state index in [9.17, 15) is 4.79 Å². The maximum atomic E-state index is 12.3. The molecule has 0 atom stereocenters. The van der Waals surface area contributed by atoms with Gasteiger partial charge in [0, 0.05) is 23.6 Å². The highest BCUT2D eigenvalue weighted by Crippen LogP contribution is 2.32. The minimum Gasteiger partial charge on any atom is -0.482 e. The second-order valence-corrected chi connectivity index (χ2v) is 6.82. The van der Waals surface area contributed by atoms with Gasteiger partial charge >= 0.3 is 0 Å². The Morgan fingerprint density at radius 3 is 2.93 bits per heavy atom. The molecule has 0 bridgehead atoms. The molecule has 0 spiro atoms. The summed E-state index contributed by atoms with van der Waals surface area (Å²) < 4.78 is 7.32. The summed E-state index contributed by atoms with van der Waals surface area (Å²) >= 11 is 0. The normalized spacial score (nSPS) is 13.6. The number of anilines is 1. The van der Waals surface area contributed by atoms with Crippen molar-refractivity contribution in [2.75, 3.05) is 11.5 Å². The van der Waals surface area contributed by atoms with Crippen LogP contribution in [0.2, 0.25) is 0 Å². The fourth-order valence-corrected chi connectivity index (χ4v) is 3.58. The number of rotatable bonds is 5. The molecule has 1 amide bonds. The lowest BCUT2D eigenvalue weighted by Gasteiger charge is -2.28. The largest absolute Gasteiger partial charge is 0.482 e. The number of aryl methyl sites for hydroxylation is 2. The van der Waals surface area contributed by atoms with Crippen LogP contribution in [0, 0.1) is 0 Å². The number of benzene rings is 2. The molecule has 2 aromatic heterocycles. The number of nitrogens with zero attached hydrogens (tertiary/aromatic N) is 4. The third-order valence-corrected chi connectivity index (χ3v) is 5.00. The van der Waals surface area contributed by atoms with Crippen molar-refractivity contribution < 1.29 is 9.53 Å². The van der Waals surface area contributed by atoms with E-state index in [1.165, 1.54) is 10.9 Å². The first kappa shape index (κ1) is 16.6. The van der Waals surface area contributed by atoms with Crippen molar-refractivity contribution >= 4 is 22.5 Å². The van der Waals surface area contributed by atoms with E-state index >= 15 is 0 Å². The van der Waals surface area contributed by atoms with Gasteiger partial charge in [0.25, 0.3) is 5.91 Å². The van der Waals surface area contributed by atoms with Crippen LogP contribution < -0.4 is 9.64 Å². The maximum absolute atomic E-state index is 12.3. The molecule has 4 aromatic rings. The lowest BCUT2D eigenvalue weighted by molar-refractivity contribution is -0.121. The number of para-hydroxylation sites is 3. The molecule has 0 aliphatic carbocycles. The molecule has 28 heavy (non-hydrogen) atoms. The number of aromatic nitrogens is 4. The van der Waals surface area contributed by atoms with E-state index in [-0.39, 0.29) is 12.5 Å². The van der Waals surface area contributed by atoms with Gasteiger partial charge < -0.3 is 9.72 Å². The summed E-state index contributed by atoms with van der Waals surface area (Å²) in [5, 5.41) is 9.71. The summed E-state index contributed by atoms with van der Waals surface area (Å²) in [5.41, 5.74) is 3.92. The van der Waals surface area contributed by atoms with Crippen LogP contribution in [0.25, 0.3) is 10.9 Å². The molecule has 1 aliphatic heterocycles. The van der Waals surface area contributed by atoms with E-state index in [4.69, 9.17) is 4.74 Å². The zero-order chi connectivity index (χ0) is 18.9. The lowest BCUT2D eigenvalue weighted by atomic mass is 10.1. The minimum absolute atomic E-state index is 0.0473. The molecule has 5 rings (SSSR count). The Morgan fingerprint density at radius 1 is 1.11 bits per heavy atom. The molecule has 140 valence electrons. The zero-order valence-corrected chi connectivity index (χ0v) is 15.2. The van der Waals surface area contributed by atoms with E-state index in [1.54, 1.807) is 4.90 Å². The second-order valence-electron chi connectivity index (χ2n) is 6.82. The van der Waals surface area contributed by atoms with Crippen LogP contribution in [0.3, 0.4) is 0 Å². The van der Waals surface area contributed by atoms with E-state index in [2.05, 4.69) is 27.4 Å². The van der Waals surface area contributed by atoms with Crippen LogP contribution >= 0.6 is 0 Å². The molecule has 3 heterocycles. The monoisotopic (exact) mass is 373 g/mol. The number of hydrogen-bond acceptors (Lipinski definition) is 4. The van der Waals surface area contributed by atoms with Gasteiger partial charge in [0.2, 0.25) is 0 Å². The number of hydrogen-bond donors (Lipinski definition) is 1. The number of carbonyl (C=O) groups is 1. The first-order chi connectivity index (χ1) is 13.8. The quantitative estimate of drug-likeness (QED) is 0.584. The predicted octanol–water partition coefficient (Wildman–Crippen LogP) is 2.93. The number of ether oxygens (including phenoxy) is 1. The molecule has 7 nitrogen and oxygen atoms in total. The molecular formula is C21H19N5O2. The van der Waals surface area contributed by atoms with E-state index in [0.29, 0.717) is 12.3 Å². The Hall–Kier alpha value is -3.61. The molecular weight excluding hydrogens is 354 g/mol. The Balaban J connectivity index is 1.30. The van der Waals surface area contributed by atoms with Crippen LogP contribution in [0.5, 0.6) is 5.75 Å². The Morgan fingerprint density at radius 2 is 1.96 bits per heavy atom. The van der Waals surface area contributed by atoms with Crippen molar-refractivity contribution in [1.29, 1.82) is 0 Å². The summed E-state index contributed by atoms with van der Waals surface area (Å²) in [6.07, 6.45) is 4.80. The van der Waals surface area contributed by atoms with Crippen molar-refractivity contribution in [2.45, 2.75) is 19.5 Å². The van der Waals surface area contributed by atoms with Crippen molar-refractivity contribution in [3.8, 4) is 5.75 Å². The minimum atomic E-state index is -0.0768. The average molecular weight is 373 g/mol. The average Bonchev–Trinajstić information content (AvgIpc) is 3.35. The van der Waals surface area contributed by atoms with Crippen molar-refractivity contribution in [3.05, 3.63) is 72.2 Å². The van der Waals surface area contributed by atoms with Crippen molar-refractivity contribution in [3.63, 3.8) is 0 Å². The fraction of sp³-hybridized carbons (Fsp3) is 0.190. The highest BCUT2D eigenvalue weighted by atomic mass is 16.5. The second kappa shape index (κ2) is 6.84. The SMILES string of the molecule is O=C1COc2ccccc2N1Cc1cn(CCc2c[nH]c3ccccc23)nn1. The van der Waals surface area contributed by atoms with Crippen molar-refractivity contribution in [1.82, 2.24) is 20.0 Å². The van der Waals surface area contributed by atoms with E-state index < -0.39 is 0 Å². The van der Waals surface area contributed by atoms with Gasteiger partial charge in [0.05, 0.1) is 18.4 Å². The third kappa shape index (κ3) is 3.00. The van der Waals surface area contributed by atoms with Crippen LogP contribution in [0.1, 0.15) is 11.3 Å². The number of nitrogens with one attached hydrogen (secondary N) is 1. The standard InChI is InChI=1S/C21H19N5O2/c27-21-14-28-20-8-4-3-7-19(20)26(21)13-16-12-25(24-23-16)10-9-15-11-22-18-6-2-1-5-17(15)18/h1-8,11-12,22H,9-10,13-14H2. The van der Waals surface area contributed by atoms with Gasteiger partial charge in [-0.3, -0.25) is 14.4 Å². The molecule has 1 N–H and O–H groups in total. The van der Waals surface area contributed by atoms with Gasteiger partial charge in [-0.15, -0.1) is 5.10 Å². The summed E-state index contributed by atoms with van der Waals surface area (Å²) in [5.74, 6) is 0.640. The first-order valence-corrected chi connectivity index (χ1v) is 9.24. The molecule has 0 radical (unpaired) electrons. The van der Waals surface area contributed by atoms with Crippen molar-refractivity contribution in [2.24, 2.45) is 0 Å².